The molecule has 0 aromatic heterocycles. The number of hydrogen-bond acceptors (Lipinski definition) is 2. The Balaban J connectivity index is 2.50. The Kier molecular flexibility index (Phi) is 4.44. The highest BCUT2D eigenvalue weighted by atomic mass is 19.1. The van der Waals surface area contributed by atoms with Gasteiger partial charge in [-0.15, -0.1) is 0 Å². The van der Waals surface area contributed by atoms with Gasteiger partial charge < -0.3 is 4.90 Å². The molecule has 1 aromatic rings. The molecule has 0 heterocycles. The monoisotopic (exact) mass is 208 g/mol. The van der Waals surface area contributed by atoms with Crippen LogP contribution in [0.1, 0.15) is 6.42 Å². The molecule has 0 N–H and O–H groups in total. The Labute approximate surface area is 88.0 Å². The first-order valence-corrected chi connectivity index (χ1v) is 4.72. The summed E-state index contributed by atoms with van der Waals surface area (Å²) in [5.41, 5.74) is 8.65. The average Bonchev–Trinajstić information content (AvgIpc) is 2.25. The first kappa shape index (κ1) is 11.3. The van der Waals surface area contributed by atoms with Gasteiger partial charge in [-0.05, 0) is 24.1 Å². The van der Waals surface area contributed by atoms with Gasteiger partial charge in [0.05, 0.1) is 5.69 Å². The molecule has 0 radical (unpaired) electrons. The van der Waals surface area contributed by atoms with Crippen molar-refractivity contribution in [3.05, 3.63) is 40.5 Å². The third-order valence-electron chi connectivity index (χ3n) is 2.08. The fourth-order valence-corrected chi connectivity index (χ4v) is 1.31. The molecule has 0 saturated heterocycles. The lowest BCUT2D eigenvalue weighted by Gasteiger charge is -2.19. The van der Waals surface area contributed by atoms with Gasteiger partial charge in [-0.2, -0.15) is 0 Å². The van der Waals surface area contributed by atoms with Crippen molar-refractivity contribution in [2.24, 2.45) is 5.11 Å². The summed E-state index contributed by atoms with van der Waals surface area (Å²) in [6.07, 6.45) is 0.717. The Morgan fingerprint density at radius 1 is 1.47 bits per heavy atom. The van der Waals surface area contributed by atoms with E-state index in [0.29, 0.717) is 18.8 Å². The number of halogens is 1. The molecule has 0 fully saturated rings. The first-order chi connectivity index (χ1) is 7.25. The summed E-state index contributed by atoms with van der Waals surface area (Å²) >= 11 is 0. The molecule has 0 spiro atoms. The van der Waals surface area contributed by atoms with E-state index in [2.05, 4.69) is 10.0 Å². The maximum Gasteiger partial charge on any atom is 0.146 e. The molecule has 1 aromatic carbocycles. The maximum atomic E-state index is 13.3. The van der Waals surface area contributed by atoms with Crippen LogP contribution in [0.5, 0.6) is 0 Å². The first-order valence-electron chi connectivity index (χ1n) is 4.72. The van der Waals surface area contributed by atoms with Crippen molar-refractivity contribution < 1.29 is 4.39 Å². The molecule has 0 saturated carbocycles. The molecular formula is C10H13FN4. The van der Waals surface area contributed by atoms with Crippen molar-refractivity contribution in [2.45, 2.75) is 6.42 Å². The minimum atomic E-state index is -0.233. The lowest BCUT2D eigenvalue weighted by atomic mass is 10.2. The highest BCUT2D eigenvalue weighted by Gasteiger charge is 2.04. The summed E-state index contributed by atoms with van der Waals surface area (Å²) in [6, 6.07) is 6.61. The van der Waals surface area contributed by atoms with E-state index in [1.807, 2.05) is 11.9 Å². The Morgan fingerprint density at radius 3 is 2.87 bits per heavy atom. The van der Waals surface area contributed by atoms with Gasteiger partial charge in [-0.1, -0.05) is 17.2 Å². The van der Waals surface area contributed by atoms with Crippen molar-refractivity contribution in [1.82, 2.24) is 0 Å². The lowest BCUT2D eigenvalue weighted by Crippen LogP contribution is -2.20. The highest BCUT2D eigenvalue weighted by Crippen LogP contribution is 2.16. The molecule has 0 bridgehead atoms. The van der Waals surface area contributed by atoms with Crippen molar-refractivity contribution in [2.75, 3.05) is 25.0 Å². The zero-order valence-electron chi connectivity index (χ0n) is 8.60. The Hall–Kier alpha value is -1.74. The van der Waals surface area contributed by atoms with Gasteiger partial charge >= 0.3 is 0 Å². The van der Waals surface area contributed by atoms with Gasteiger partial charge in [0.2, 0.25) is 0 Å². The maximum absolute atomic E-state index is 13.3. The van der Waals surface area contributed by atoms with Gasteiger partial charge in [0, 0.05) is 25.0 Å². The van der Waals surface area contributed by atoms with Crippen molar-refractivity contribution in [1.29, 1.82) is 0 Å². The predicted molar refractivity (Wildman–Crippen MR) is 58.3 cm³/mol. The van der Waals surface area contributed by atoms with E-state index in [1.54, 1.807) is 18.2 Å². The quantitative estimate of drug-likeness (QED) is 0.317. The van der Waals surface area contributed by atoms with E-state index in [4.69, 9.17) is 5.53 Å². The molecule has 0 aliphatic carbocycles. The van der Waals surface area contributed by atoms with Crippen LogP contribution < -0.4 is 4.90 Å². The van der Waals surface area contributed by atoms with Crippen LogP contribution in [0.15, 0.2) is 29.4 Å². The summed E-state index contributed by atoms with van der Waals surface area (Å²) in [5, 5.41) is 3.42. The number of para-hydroxylation sites is 1. The fourth-order valence-electron chi connectivity index (χ4n) is 1.31. The number of anilines is 1. The van der Waals surface area contributed by atoms with Crippen LogP contribution >= 0.6 is 0 Å². The topological polar surface area (TPSA) is 52.0 Å². The second-order valence-electron chi connectivity index (χ2n) is 3.18. The number of azide groups is 1. The van der Waals surface area contributed by atoms with Crippen LogP contribution in [0.2, 0.25) is 0 Å². The molecule has 0 unspecified atom stereocenters. The van der Waals surface area contributed by atoms with E-state index >= 15 is 0 Å². The molecule has 0 atom stereocenters. The van der Waals surface area contributed by atoms with Crippen LogP contribution in [0.4, 0.5) is 10.1 Å². The summed E-state index contributed by atoms with van der Waals surface area (Å²) in [6.45, 7) is 1.11. The van der Waals surface area contributed by atoms with Crippen LogP contribution in [-0.2, 0) is 0 Å². The standard InChI is InChI=1S/C10H13FN4/c1-15(8-4-7-13-14-12)10-6-3-2-5-9(10)11/h2-3,5-6H,4,7-8H2,1H3. The molecule has 1 rings (SSSR count). The minimum absolute atomic E-state index is 0.233. The van der Waals surface area contributed by atoms with Crippen LogP contribution in [0, 0.1) is 5.82 Å². The second kappa shape index (κ2) is 5.88. The SMILES string of the molecule is CN(CCCN=[N+]=[N-])c1ccccc1F. The molecule has 5 heteroatoms. The van der Waals surface area contributed by atoms with Crippen LogP contribution in [0.25, 0.3) is 10.4 Å². The molecule has 4 nitrogen and oxygen atoms in total. The summed E-state index contributed by atoms with van der Waals surface area (Å²) < 4.78 is 13.3. The molecule has 0 amide bonds. The zero-order valence-corrected chi connectivity index (χ0v) is 8.60. The van der Waals surface area contributed by atoms with Crippen molar-refractivity contribution in [3.63, 3.8) is 0 Å². The van der Waals surface area contributed by atoms with Crippen LogP contribution in [-0.4, -0.2) is 20.1 Å². The third-order valence-corrected chi connectivity index (χ3v) is 2.08. The fraction of sp³-hybridized carbons (Fsp3) is 0.400. The molecule has 15 heavy (non-hydrogen) atoms. The summed E-state index contributed by atoms with van der Waals surface area (Å²) in [5.74, 6) is -0.233. The lowest BCUT2D eigenvalue weighted by molar-refractivity contribution is 0.620. The number of hydrogen-bond donors (Lipinski definition) is 0. The van der Waals surface area contributed by atoms with Gasteiger partial charge in [-0.25, -0.2) is 4.39 Å². The number of benzene rings is 1. The summed E-state index contributed by atoms with van der Waals surface area (Å²) in [7, 11) is 1.81. The van der Waals surface area contributed by atoms with Gasteiger partial charge in [-0.3, -0.25) is 0 Å². The second-order valence-corrected chi connectivity index (χ2v) is 3.18. The van der Waals surface area contributed by atoms with Crippen molar-refractivity contribution in [3.8, 4) is 0 Å². The average molecular weight is 208 g/mol. The van der Waals surface area contributed by atoms with Crippen LogP contribution in [0.3, 0.4) is 0 Å². The van der Waals surface area contributed by atoms with Crippen molar-refractivity contribution >= 4 is 5.69 Å². The predicted octanol–water partition coefficient (Wildman–Crippen LogP) is 2.96. The highest BCUT2D eigenvalue weighted by molar-refractivity contribution is 5.46. The molecule has 80 valence electrons. The molecule has 0 aliphatic heterocycles. The van der Waals surface area contributed by atoms with Gasteiger partial charge in [0.15, 0.2) is 0 Å². The normalized spacial score (nSPS) is 9.47. The van der Waals surface area contributed by atoms with E-state index in [9.17, 15) is 4.39 Å². The largest absolute Gasteiger partial charge is 0.372 e. The van der Waals surface area contributed by atoms with E-state index in [0.717, 1.165) is 6.42 Å². The Morgan fingerprint density at radius 2 is 2.20 bits per heavy atom. The number of nitrogens with zero attached hydrogens (tertiary/aromatic N) is 4. The van der Waals surface area contributed by atoms with E-state index in [1.165, 1.54) is 6.07 Å². The smallest absolute Gasteiger partial charge is 0.146 e. The zero-order chi connectivity index (χ0) is 11.1. The minimum Gasteiger partial charge on any atom is -0.372 e. The molecule has 0 aliphatic rings. The third kappa shape index (κ3) is 3.48. The van der Waals surface area contributed by atoms with E-state index < -0.39 is 0 Å². The Bertz CT molecular complexity index is 360. The number of rotatable bonds is 5. The van der Waals surface area contributed by atoms with E-state index in [-0.39, 0.29) is 5.82 Å². The van der Waals surface area contributed by atoms with Gasteiger partial charge in [0.1, 0.15) is 5.82 Å². The summed E-state index contributed by atoms with van der Waals surface area (Å²) in [4.78, 5) is 4.46. The van der Waals surface area contributed by atoms with Gasteiger partial charge in [0.25, 0.3) is 0 Å². The molecular weight excluding hydrogens is 195 g/mol.